The molecule has 480 valence electrons. The van der Waals surface area contributed by atoms with Crippen LogP contribution in [-0.4, -0.2) is 235 Å². The molecule has 5 aliphatic rings. The normalized spacial score (nSPS) is 17.5. The number of rotatable bonds is 33. The molecular formula is C67H102ClN5O13. The van der Waals surface area contributed by atoms with Gasteiger partial charge in [0.1, 0.15) is 0 Å². The fourth-order valence-corrected chi connectivity index (χ4v) is 11.1. The number of benzene rings is 4. The first-order chi connectivity index (χ1) is 42.3. The standard InChI is InChI=1S/C44H70N4O8.C16H18O4.C7H14ClNO/c1(8-39-10-12-41(53-26-4-14-45-19-30-49-31-20-45)43(36-39)55-28-6-16-47-23-34-51-35-24-47)2-9-40-11-13-42(54-27-5-15-46-21-32-50-33-22-46)44(37-40)56-29-7-18-48-17-3-25-52-38-48;17-13-7-5-11(9-15(13)19)3-1-2-4-12-6-8-14(18)16(20)10-12;8-2-1-3-9-4-6-10-7-5-9/h10-13,36-37H,1-9,14-35,38H2;5-10,17-20H,1-4H2;1-7H2. The number of alkyl halides is 1. The highest BCUT2D eigenvalue weighted by molar-refractivity contribution is 6.17. The molecular weight excluding hydrogens is 1120 g/mol. The molecule has 0 radical (unpaired) electrons. The number of halogens is 1. The van der Waals surface area contributed by atoms with E-state index in [1.807, 2.05) is 0 Å². The highest BCUT2D eigenvalue weighted by Gasteiger charge is 2.17. The van der Waals surface area contributed by atoms with E-state index in [0.717, 1.165) is 288 Å². The summed E-state index contributed by atoms with van der Waals surface area (Å²) in [6.07, 6.45) is 13.8. The maximum Gasteiger partial charge on any atom is 0.161 e. The Labute approximate surface area is 518 Å². The monoisotopic (exact) mass is 1220 g/mol. The number of morpholine rings is 4. The number of phenolic OH excluding ortho intramolecular Hbond substituents is 4. The van der Waals surface area contributed by atoms with Crippen LogP contribution in [0.4, 0.5) is 0 Å². The lowest BCUT2D eigenvalue weighted by molar-refractivity contribution is -0.0149. The molecule has 0 atom stereocenters. The van der Waals surface area contributed by atoms with Crippen LogP contribution in [0.15, 0.2) is 72.8 Å². The van der Waals surface area contributed by atoms with Gasteiger partial charge < -0.3 is 63.1 Å². The Morgan fingerprint density at radius 2 is 0.651 bits per heavy atom. The molecule has 4 N–H and O–H groups in total. The van der Waals surface area contributed by atoms with Crippen LogP contribution < -0.4 is 18.9 Å². The molecule has 18 nitrogen and oxygen atoms in total. The van der Waals surface area contributed by atoms with Crippen LogP contribution >= 0.6 is 11.6 Å². The molecule has 0 saturated carbocycles. The third-order valence-electron chi connectivity index (χ3n) is 16.0. The van der Waals surface area contributed by atoms with Crippen molar-refractivity contribution < 1.29 is 63.1 Å². The highest BCUT2D eigenvalue weighted by atomic mass is 35.5. The molecule has 5 aliphatic heterocycles. The SMILES string of the molecule is ClCCCN1CCOCC1.Oc1ccc(CCCCc2ccc(O)c(O)c2)cc1O.c1cc(OCCCN2CCOCC2)c(OCCCN2CCOCC2)cc1CCCCc1ccc(OCCCN2CCOCC2)c(OCCCN2CCCOC2)c1. The fourth-order valence-electron chi connectivity index (χ4n) is 10.9. The van der Waals surface area contributed by atoms with Gasteiger partial charge in [-0.25, -0.2) is 0 Å². The number of phenols is 4. The zero-order valence-corrected chi connectivity index (χ0v) is 52.2. The maximum absolute atomic E-state index is 9.39. The maximum atomic E-state index is 9.39. The number of aryl methyl sites for hydroxylation is 4. The molecule has 0 aromatic heterocycles. The summed E-state index contributed by atoms with van der Waals surface area (Å²) in [5, 5.41) is 37.2. The summed E-state index contributed by atoms with van der Waals surface area (Å²) in [5.74, 6) is 3.81. The van der Waals surface area contributed by atoms with Crippen molar-refractivity contribution in [2.75, 3.05) is 190 Å². The van der Waals surface area contributed by atoms with Gasteiger partial charge in [0, 0.05) is 97.6 Å². The summed E-state index contributed by atoms with van der Waals surface area (Å²) in [6.45, 7) is 25.5. The van der Waals surface area contributed by atoms with Crippen LogP contribution in [0.2, 0.25) is 0 Å². The molecule has 4 aromatic rings. The Kier molecular flexibility index (Phi) is 33.1. The Morgan fingerprint density at radius 3 is 0.988 bits per heavy atom. The van der Waals surface area contributed by atoms with Crippen molar-refractivity contribution in [1.82, 2.24) is 24.5 Å². The second-order valence-electron chi connectivity index (χ2n) is 22.8. The second-order valence-corrected chi connectivity index (χ2v) is 23.2. The lowest BCUT2D eigenvalue weighted by atomic mass is 10.0. The van der Waals surface area contributed by atoms with Crippen LogP contribution in [-0.2, 0) is 49.4 Å². The van der Waals surface area contributed by atoms with Crippen LogP contribution in [0.5, 0.6) is 46.0 Å². The molecule has 19 heteroatoms. The fraction of sp³-hybridized carbons (Fsp3) is 0.642. The van der Waals surface area contributed by atoms with Crippen molar-refractivity contribution in [3.8, 4) is 46.0 Å². The van der Waals surface area contributed by atoms with Gasteiger partial charge in [0.15, 0.2) is 46.0 Å². The summed E-state index contributed by atoms with van der Waals surface area (Å²) >= 11 is 5.56. The Bertz CT molecular complexity index is 2280. The van der Waals surface area contributed by atoms with E-state index >= 15 is 0 Å². The van der Waals surface area contributed by atoms with E-state index in [0.29, 0.717) is 26.4 Å². The minimum absolute atomic E-state index is 0.0917. The molecule has 4 aromatic carbocycles. The summed E-state index contributed by atoms with van der Waals surface area (Å²) in [4.78, 5) is 12.1. The molecule has 0 spiro atoms. The zero-order chi connectivity index (χ0) is 60.1. The summed E-state index contributed by atoms with van der Waals surface area (Å²) in [7, 11) is 0. The molecule has 0 aliphatic carbocycles. The van der Waals surface area contributed by atoms with Gasteiger partial charge in [-0.3, -0.25) is 24.5 Å². The van der Waals surface area contributed by atoms with Crippen LogP contribution in [0.25, 0.3) is 0 Å². The molecule has 5 fully saturated rings. The summed E-state index contributed by atoms with van der Waals surface area (Å²) in [5.41, 5.74) is 4.54. The van der Waals surface area contributed by atoms with Crippen molar-refractivity contribution in [2.24, 2.45) is 0 Å². The zero-order valence-electron chi connectivity index (χ0n) is 51.4. The van der Waals surface area contributed by atoms with Crippen molar-refractivity contribution in [3.05, 3.63) is 95.1 Å². The number of nitrogens with zero attached hydrogens (tertiary/aromatic N) is 5. The van der Waals surface area contributed by atoms with Crippen molar-refractivity contribution in [3.63, 3.8) is 0 Å². The lowest BCUT2D eigenvalue weighted by Gasteiger charge is -2.26. The first kappa shape index (κ1) is 68.7. The molecule has 0 amide bonds. The van der Waals surface area contributed by atoms with E-state index in [9.17, 15) is 20.4 Å². The van der Waals surface area contributed by atoms with Gasteiger partial charge in [0.25, 0.3) is 0 Å². The van der Waals surface area contributed by atoms with E-state index in [1.165, 1.54) is 23.3 Å². The predicted molar refractivity (Wildman–Crippen MR) is 338 cm³/mol. The predicted octanol–water partition coefficient (Wildman–Crippen LogP) is 9.03. The topological polar surface area (TPSA) is 180 Å². The van der Waals surface area contributed by atoms with Gasteiger partial charge in [0.05, 0.1) is 86.0 Å². The average molecular weight is 1220 g/mol. The van der Waals surface area contributed by atoms with Gasteiger partial charge >= 0.3 is 0 Å². The third kappa shape index (κ3) is 27.3. The number of ether oxygens (including phenoxy) is 9. The van der Waals surface area contributed by atoms with E-state index in [2.05, 4.69) is 60.9 Å². The van der Waals surface area contributed by atoms with E-state index in [-0.39, 0.29) is 23.0 Å². The van der Waals surface area contributed by atoms with E-state index < -0.39 is 0 Å². The molecule has 86 heavy (non-hydrogen) atoms. The molecule has 0 unspecified atom stereocenters. The number of unbranched alkanes of at least 4 members (excludes halogenated alkanes) is 2. The molecule has 0 bridgehead atoms. The summed E-state index contributed by atoms with van der Waals surface area (Å²) in [6, 6.07) is 22.8. The quantitative estimate of drug-likeness (QED) is 0.0201. The van der Waals surface area contributed by atoms with Gasteiger partial charge in [-0.05, 0) is 167 Å². The van der Waals surface area contributed by atoms with Gasteiger partial charge in [-0.1, -0.05) is 24.3 Å². The van der Waals surface area contributed by atoms with E-state index in [4.69, 9.17) is 54.2 Å². The van der Waals surface area contributed by atoms with Crippen LogP contribution in [0.3, 0.4) is 0 Å². The molecule has 9 rings (SSSR count). The first-order valence-electron chi connectivity index (χ1n) is 32.1. The number of hydrogen-bond acceptors (Lipinski definition) is 18. The van der Waals surface area contributed by atoms with Crippen molar-refractivity contribution in [2.45, 2.75) is 89.9 Å². The largest absolute Gasteiger partial charge is 0.504 e. The lowest BCUT2D eigenvalue weighted by Crippen LogP contribution is -2.37. The molecule has 5 heterocycles. The molecule has 5 saturated heterocycles. The first-order valence-corrected chi connectivity index (χ1v) is 32.7. The third-order valence-corrected chi connectivity index (χ3v) is 16.3. The van der Waals surface area contributed by atoms with Gasteiger partial charge in [-0.2, -0.15) is 0 Å². The number of hydrogen-bond donors (Lipinski definition) is 4. The van der Waals surface area contributed by atoms with Gasteiger partial charge in [-0.15, -0.1) is 11.6 Å². The van der Waals surface area contributed by atoms with Crippen molar-refractivity contribution >= 4 is 11.6 Å². The Balaban J connectivity index is 0.000000286. The van der Waals surface area contributed by atoms with Crippen LogP contribution in [0, 0.1) is 0 Å². The summed E-state index contributed by atoms with van der Waals surface area (Å²) < 4.78 is 52.8. The average Bonchev–Trinajstić information content (AvgIpc) is 3.73. The minimum Gasteiger partial charge on any atom is -0.504 e. The second kappa shape index (κ2) is 41.4. The van der Waals surface area contributed by atoms with Crippen molar-refractivity contribution in [1.29, 1.82) is 0 Å². The smallest absolute Gasteiger partial charge is 0.161 e. The Morgan fingerprint density at radius 1 is 0.326 bits per heavy atom. The van der Waals surface area contributed by atoms with E-state index in [1.54, 1.807) is 24.3 Å². The van der Waals surface area contributed by atoms with Crippen LogP contribution in [0.1, 0.15) is 86.5 Å². The highest BCUT2D eigenvalue weighted by Crippen LogP contribution is 2.32. The van der Waals surface area contributed by atoms with Gasteiger partial charge in [0.2, 0.25) is 0 Å². The number of aromatic hydroxyl groups is 4. The minimum atomic E-state index is -0.103. The Hall–Kier alpha value is -4.83.